The second kappa shape index (κ2) is 6.24. The summed E-state index contributed by atoms with van der Waals surface area (Å²) in [5, 5.41) is 3.41. The van der Waals surface area contributed by atoms with Gasteiger partial charge in [0.2, 0.25) is 0 Å². The van der Waals surface area contributed by atoms with Gasteiger partial charge in [-0.2, -0.15) is 0 Å². The monoisotopic (exact) mass is 239 g/mol. The Kier molecular flexibility index (Phi) is 4.66. The zero-order chi connectivity index (χ0) is 12.1. The Morgan fingerprint density at radius 1 is 1.35 bits per heavy atom. The Morgan fingerprint density at radius 3 is 2.71 bits per heavy atom. The first-order chi connectivity index (χ1) is 8.33. The maximum atomic E-state index is 12.5. The molecule has 0 aliphatic carbocycles. The maximum Gasteiger partial charge on any atom is 0.320 e. The summed E-state index contributed by atoms with van der Waals surface area (Å²) in [7, 11) is 0. The van der Waals surface area contributed by atoms with Crippen LogP contribution in [0.25, 0.3) is 0 Å². The van der Waals surface area contributed by atoms with Crippen molar-refractivity contribution < 1.29 is 4.79 Å². The molecule has 0 bridgehead atoms. The highest BCUT2D eigenvalue weighted by atomic mass is 16.2. The van der Waals surface area contributed by atoms with Crippen LogP contribution in [0.1, 0.15) is 39.0 Å². The Labute approximate surface area is 104 Å². The predicted octanol–water partition coefficient (Wildman–Crippen LogP) is 1.67. The van der Waals surface area contributed by atoms with Crippen molar-refractivity contribution in [2.24, 2.45) is 0 Å². The second-order valence-electron chi connectivity index (χ2n) is 5.17. The van der Waals surface area contributed by atoms with Crippen molar-refractivity contribution in [3.05, 3.63) is 0 Å². The molecule has 1 unspecified atom stereocenters. The van der Waals surface area contributed by atoms with Crippen LogP contribution in [-0.2, 0) is 0 Å². The summed E-state index contributed by atoms with van der Waals surface area (Å²) in [5.41, 5.74) is 0. The summed E-state index contributed by atoms with van der Waals surface area (Å²) in [6, 6.07) is 0.690. The average molecular weight is 239 g/mol. The topological polar surface area (TPSA) is 35.6 Å². The molecule has 2 rings (SSSR count). The van der Waals surface area contributed by atoms with Crippen molar-refractivity contribution in [1.29, 1.82) is 0 Å². The van der Waals surface area contributed by atoms with Gasteiger partial charge in [0.05, 0.1) is 0 Å². The van der Waals surface area contributed by atoms with Crippen LogP contribution in [0.15, 0.2) is 0 Å². The number of carbonyl (C=O) groups is 1. The third kappa shape index (κ3) is 3.12. The molecule has 0 aromatic rings. The van der Waals surface area contributed by atoms with Gasteiger partial charge in [-0.25, -0.2) is 4.79 Å². The highest BCUT2D eigenvalue weighted by Crippen LogP contribution is 2.16. The maximum absolute atomic E-state index is 12.5. The number of likely N-dealkylation sites (tertiary alicyclic amines) is 1. The molecule has 0 saturated carbocycles. The van der Waals surface area contributed by atoms with Gasteiger partial charge in [0.25, 0.3) is 0 Å². The van der Waals surface area contributed by atoms with Gasteiger partial charge < -0.3 is 15.1 Å². The molecule has 0 aromatic carbocycles. The average Bonchev–Trinajstić information content (AvgIpc) is 2.90. The standard InChI is InChI=1S/C13H25N3O/c1-2-8-16(12-6-5-7-14-11-12)13(17)15-9-3-4-10-15/h12,14H,2-11H2,1H3. The molecule has 1 N–H and O–H groups in total. The van der Waals surface area contributed by atoms with Crippen LogP contribution in [-0.4, -0.2) is 54.6 Å². The number of nitrogens with one attached hydrogen (secondary N) is 1. The smallest absolute Gasteiger partial charge is 0.320 e. The Balaban J connectivity index is 1.96. The van der Waals surface area contributed by atoms with Crippen LogP contribution in [0.3, 0.4) is 0 Å². The highest BCUT2D eigenvalue weighted by molar-refractivity contribution is 5.75. The Morgan fingerprint density at radius 2 is 2.12 bits per heavy atom. The van der Waals surface area contributed by atoms with Gasteiger partial charge in [-0.3, -0.25) is 0 Å². The van der Waals surface area contributed by atoms with Gasteiger partial charge >= 0.3 is 6.03 Å². The van der Waals surface area contributed by atoms with E-state index in [1.165, 1.54) is 19.3 Å². The molecule has 2 heterocycles. The Hall–Kier alpha value is -0.770. The predicted molar refractivity (Wildman–Crippen MR) is 69.1 cm³/mol. The number of amides is 2. The van der Waals surface area contributed by atoms with Gasteiger partial charge in [0.1, 0.15) is 0 Å². The van der Waals surface area contributed by atoms with Gasteiger partial charge in [0, 0.05) is 32.2 Å². The van der Waals surface area contributed by atoms with E-state index < -0.39 is 0 Å². The van der Waals surface area contributed by atoms with E-state index in [0.717, 1.165) is 45.6 Å². The fourth-order valence-electron chi connectivity index (χ4n) is 2.86. The summed E-state index contributed by atoms with van der Waals surface area (Å²) < 4.78 is 0. The van der Waals surface area contributed by atoms with Crippen LogP contribution >= 0.6 is 0 Å². The quantitative estimate of drug-likeness (QED) is 0.813. The highest BCUT2D eigenvalue weighted by Gasteiger charge is 2.29. The van der Waals surface area contributed by atoms with Crippen molar-refractivity contribution >= 4 is 6.03 Å². The summed E-state index contributed by atoms with van der Waals surface area (Å²) in [6.07, 6.45) is 5.75. The molecule has 4 nitrogen and oxygen atoms in total. The molecule has 2 aliphatic rings. The van der Waals surface area contributed by atoms with Gasteiger partial charge in [-0.05, 0) is 38.6 Å². The number of piperidine rings is 1. The van der Waals surface area contributed by atoms with E-state index in [2.05, 4.69) is 17.1 Å². The summed E-state index contributed by atoms with van der Waals surface area (Å²) in [4.78, 5) is 16.6. The lowest BCUT2D eigenvalue weighted by Crippen LogP contribution is -2.52. The fraction of sp³-hybridized carbons (Fsp3) is 0.923. The first kappa shape index (κ1) is 12.7. The minimum Gasteiger partial charge on any atom is -0.325 e. The fourth-order valence-corrected chi connectivity index (χ4v) is 2.86. The number of nitrogens with zero attached hydrogens (tertiary/aromatic N) is 2. The van der Waals surface area contributed by atoms with E-state index in [1.54, 1.807) is 0 Å². The molecule has 0 aromatic heterocycles. The van der Waals surface area contributed by atoms with Crippen molar-refractivity contribution in [2.75, 3.05) is 32.7 Å². The normalized spacial score (nSPS) is 25.0. The zero-order valence-electron chi connectivity index (χ0n) is 11.0. The second-order valence-corrected chi connectivity index (χ2v) is 5.17. The van der Waals surface area contributed by atoms with Crippen LogP contribution in [0.2, 0.25) is 0 Å². The van der Waals surface area contributed by atoms with Gasteiger partial charge in [-0.15, -0.1) is 0 Å². The Bertz CT molecular complexity index is 245. The van der Waals surface area contributed by atoms with Crippen LogP contribution in [0, 0.1) is 0 Å². The van der Waals surface area contributed by atoms with Crippen molar-refractivity contribution in [1.82, 2.24) is 15.1 Å². The number of hydrogen-bond donors (Lipinski definition) is 1. The molecule has 2 amide bonds. The molecule has 2 saturated heterocycles. The molecular formula is C13H25N3O. The van der Waals surface area contributed by atoms with E-state index in [9.17, 15) is 4.79 Å². The largest absolute Gasteiger partial charge is 0.325 e. The first-order valence-corrected chi connectivity index (χ1v) is 7.09. The lowest BCUT2D eigenvalue weighted by molar-refractivity contribution is 0.131. The molecule has 98 valence electrons. The molecule has 1 atom stereocenters. The number of hydrogen-bond acceptors (Lipinski definition) is 2. The van der Waals surface area contributed by atoms with Crippen LogP contribution in [0.4, 0.5) is 4.79 Å². The van der Waals surface area contributed by atoms with E-state index in [-0.39, 0.29) is 6.03 Å². The number of urea groups is 1. The minimum absolute atomic E-state index is 0.276. The first-order valence-electron chi connectivity index (χ1n) is 7.09. The third-order valence-electron chi connectivity index (χ3n) is 3.80. The molecule has 0 spiro atoms. The van der Waals surface area contributed by atoms with Crippen LogP contribution < -0.4 is 5.32 Å². The number of rotatable bonds is 3. The molecule has 2 fully saturated rings. The van der Waals surface area contributed by atoms with Gasteiger partial charge in [0.15, 0.2) is 0 Å². The van der Waals surface area contributed by atoms with E-state index >= 15 is 0 Å². The minimum atomic E-state index is 0.276. The van der Waals surface area contributed by atoms with Crippen LogP contribution in [0.5, 0.6) is 0 Å². The lowest BCUT2D eigenvalue weighted by atomic mass is 10.1. The van der Waals surface area contributed by atoms with E-state index in [0.29, 0.717) is 6.04 Å². The lowest BCUT2D eigenvalue weighted by Gasteiger charge is -2.37. The number of carbonyl (C=O) groups excluding carboxylic acids is 1. The van der Waals surface area contributed by atoms with Crippen molar-refractivity contribution in [3.8, 4) is 0 Å². The molecular weight excluding hydrogens is 214 g/mol. The van der Waals surface area contributed by atoms with Crippen molar-refractivity contribution in [2.45, 2.75) is 45.1 Å². The molecule has 4 heteroatoms. The van der Waals surface area contributed by atoms with E-state index in [1.807, 2.05) is 4.90 Å². The molecule has 2 aliphatic heterocycles. The summed E-state index contributed by atoms with van der Waals surface area (Å²) in [6.45, 7) is 7.05. The summed E-state index contributed by atoms with van der Waals surface area (Å²) >= 11 is 0. The SMILES string of the molecule is CCCN(C(=O)N1CCCC1)C1CCCNC1. The zero-order valence-corrected chi connectivity index (χ0v) is 11.0. The van der Waals surface area contributed by atoms with Crippen molar-refractivity contribution in [3.63, 3.8) is 0 Å². The molecule has 0 radical (unpaired) electrons. The third-order valence-corrected chi connectivity index (χ3v) is 3.80. The molecule has 17 heavy (non-hydrogen) atoms. The summed E-state index contributed by atoms with van der Waals surface area (Å²) in [5.74, 6) is 0. The van der Waals surface area contributed by atoms with E-state index in [4.69, 9.17) is 0 Å². The van der Waals surface area contributed by atoms with Gasteiger partial charge in [-0.1, -0.05) is 6.92 Å².